The Labute approximate surface area is 145 Å². The van der Waals surface area contributed by atoms with Crippen molar-refractivity contribution in [2.75, 3.05) is 18.0 Å². The van der Waals surface area contributed by atoms with Crippen molar-refractivity contribution in [1.29, 1.82) is 0 Å². The number of carbonyl (C=O) groups is 2. The van der Waals surface area contributed by atoms with E-state index in [0.29, 0.717) is 31.9 Å². The van der Waals surface area contributed by atoms with Gasteiger partial charge in [0.1, 0.15) is 11.6 Å². The summed E-state index contributed by atoms with van der Waals surface area (Å²) in [6, 6.07) is 7.47. The van der Waals surface area contributed by atoms with Gasteiger partial charge in [-0.05, 0) is 43.7 Å². The average molecular weight is 343 g/mol. The summed E-state index contributed by atoms with van der Waals surface area (Å²) in [4.78, 5) is 30.2. The average Bonchev–Trinajstić information content (AvgIpc) is 3.36. The SMILES string of the molecule is O=C(NC(C(=O)O)C1CC1)C1CCN(c2nc3ccccc3o2)CC1. The third-order valence-corrected chi connectivity index (χ3v) is 5.08. The van der Waals surface area contributed by atoms with Crippen LogP contribution in [-0.2, 0) is 9.59 Å². The highest BCUT2D eigenvalue weighted by molar-refractivity contribution is 5.85. The zero-order chi connectivity index (χ0) is 17.4. The van der Waals surface area contributed by atoms with Crippen LogP contribution in [0.3, 0.4) is 0 Å². The fourth-order valence-corrected chi connectivity index (χ4v) is 3.41. The first-order chi connectivity index (χ1) is 12.1. The van der Waals surface area contributed by atoms with Crippen LogP contribution in [0.25, 0.3) is 11.1 Å². The van der Waals surface area contributed by atoms with Crippen molar-refractivity contribution in [2.45, 2.75) is 31.7 Å². The molecule has 0 bridgehead atoms. The number of para-hydroxylation sites is 2. The van der Waals surface area contributed by atoms with E-state index in [1.54, 1.807) is 0 Å². The summed E-state index contributed by atoms with van der Waals surface area (Å²) < 4.78 is 5.78. The van der Waals surface area contributed by atoms with Gasteiger partial charge in [0.25, 0.3) is 6.01 Å². The maximum atomic E-state index is 12.4. The maximum Gasteiger partial charge on any atom is 0.326 e. The van der Waals surface area contributed by atoms with Crippen molar-refractivity contribution in [1.82, 2.24) is 10.3 Å². The number of nitrogens with one attached hydrogen (secondary N) is 1. The largest absolute Gasteiger partial charge is 0.480 e. The molecule has 0 radical (unpaired) electrons. The molecule has 1 aromatic heterocycles. The zero-order valence-electron chi connectivity index (χ0n) is 13.9. The molecule has 132 valence electrons. The summed E-state index contributed by atoms with van der Waals surface area (Å²) >= 11 is 0. The molecule has 4 rings (SSSR count). The summed E-state index contributed by atoms with van der Waals surface area (Å²) in [7, 11) is 0. The molecule has 2 aliphatic rings. The molecular formula is C18H21N3O4. The molecule has 2 fully saturated rings. The number of carboxylic acid groups (broad SMARTS) is 1. The van der Waals surface area contributed by atoms with Crippen molar-refractivity contribution in [3.63, 3.8) is 0 Å². The lowest BCUT2D eigenvalue weighted by Gasteiger charge is -2.30. The lowest BCUT2D eigenvalue weighted by molar-refractivity contribution is -0.143. The number of hydrogen-bond donors (Lipinski definition) is 2. The molecule has 2 N–H and O–H groups in total. The van der Waals surface area contributed by atoms with Gasteiger partial charge in [0, 0.05) is 19.0 Å². The smallest absolute Gasteiger partial charge is 0.326 e. The van der Waals surface area contributed by atoms with Gasteiger partial charge in [-0.25, -0.2) is 4.79 Å². The minimum absolute atomic E-state index is 0.0984. The number of oxazole rings is 1. The van der Waals surface area contributed by atoms with Gasteiger partial charge >= 0.3 is 5.97 Å². The number of anilines is 1. The molecule has 2 aromatic rings. The van der Waals surface area contributed by atoms with E-state index in [1.807, 2.05) is 29.2 Å². The first-order valence-electron chi connectivity index (χ1n) is 8.75. The number of amides is 1. The number of rotatable bonds is 5. The Bertz CT molecular complexity index is 757. The summed E-state index contributed by atoms with van der Waals surface area (Å²) in [5, 5.41) is 12.0. The van der Waals surface area contributed by atoms with Crippen molar-refractivity contribution in [3.05, 3.63) is 24.3 Å². The minimum atomic E-state index is -0.931. The molecule has 1 aliphatic heterocycles. The topological polar surface area (TPSA) is 95.7 Å². The van der Waals surface area contributed by atoms with E-state index >= 15 is 0 Å². The number of carbonyl (C=O) groups excluding carboxylic acids is 1. The normalized spacial score (nSPS) is 19.8. The third kappa shape index (κ3) is 3.31. The number of nitrogens with zero attached hydrogens (tertiary/aromatic N) is 2. The van der Waals surface area contributed by atoms with E-state index in [2.05, 4.69) is 10.3 Å². The Kier molecular flexibility index (Phi) is 4.07. The number of piperidine rings is 1. The van der Waals surface area contributed by atoms with Gasteiger partial charge < -0.3 is 19.7 Å². The minimum Gasteiger partial charge on any atom is -0.480 e. The van der Waals surface area contributed by atoms with E-state index in [4.69, 9.17) is 4.42 Å². The number of carboxylic acids is 1. The predicted octanol–water partition coefficient (Wildman–Crippen LogP) is 2.02. The zero-order valence-corrected chi connectivity index (χ0v) is 13.9. The van der Waals surface area contributed by atoms with Crippen LogP contribution in [-0.4, -0.2) is 41.1 Å². The van der Waals surface area contributed by atoms with Gasteiger partial charge in [0.15, 0.2) is 5.58 Å². The highest BCUT2D eigenvalue weighted by atomic mass is 16.4. The van der Waals surface area contributed by atoms with E-state index < -0.39 is 12.0 Å². The molecule has 1 saturated heterocycles. The summed E-state index contributed by atoms with van der Waals surface area (Å²) in [6.45, 7) is 1.35. The molecule has 1 aliphatic carbocycles. The van der Waals surface area contributed by atoms with Gasteiger partial charge in [-0.3, -0.25) is 4.79 Å². The van der Waals surface area contributed by atoms with Crippen LogP contribution in [0.15, 0.2) is 28.7 Å². The van der Waals surface area contributed by atoms with Crippen LogP contribution < -0.4 is 10.2 Å². The quantitative estimate of drug-likeness (QED) is 0.862. The summed E-state index contributed by atoms with van der Waals surface area (Å²) in [5.74, 6) is -1.13. The van der Waals surface area contributed by atoms with Crippen LogP contribution in [0.5, 0.6) is 0 Å². The fraction of sp³-hybridized carbons (Fsp3) is 0.500. The van der Waals surface area contributed by atoms with E-state index in [9.17, 15) is 14.7 Å². The molecule has 1 aromatic carbocycles. The number of fused-ring (bicyclic) bond motifs is 1. The van der Waals surface area contributed by atoms with Gasteiger partial charge in [-0.15, -0.1) is 0 Å². The highest BCUT2D eigenvalue weighted by Gasteiger charge is 2.38. The van der Waals surface area contributed by atoms with Gasteiger partial charge in [0.05, 0.1) is 0 Å². The Morgan fingerprint density at radius 3 is 2.56 bits per heavy atom. The molecule has 25 heavy (non-hydrogen) atoms. The molecule has 7 heteroatoms. The predicted molar refractivity (Wildman–Crippen MR) is 91.2 cm³/mol. The second-order valence-electron chi connectivity index (χ2n) is 6.89. The van der Waals surface area contributed by atoms with E-state index in [0.717, 1.165) is 23.9 Å². The monoisotopic (exact) mass is 343 g/mol. The molecule has 0 spiro atoms. The van der Waals surface area contributed by atoms with Crippen LogP contribution in [0.2, 0.25) is 0 Å². The van der Waals surface area contributed by atoms with E-state index in [1.165, 1.54) is 0 Å². The van der Waals surface area contributed by atoms with Crippen molar-refractivity contribution in [3.8, 4) is 0 Å². The molecular weight excluding hydrogens is 322 g/mol. The molecule has 1 amide bonds. The van der Waals surface area contributed by atoms with Crippen LogP contribution in [0.4, 0.5) is 6.01 Å². The van der Waals surface area contributed by atoms with Crippen molar-refractivity contribution in [2.24, 2.45) is 11.8 Å². The Balaban J connectivity index is 1.36. The number of benzene rings is 1. The highest BCUT2D eigenvalue weighted by Crippen LogP contribution is 2.33. The second kappa shape index (κ2) is 6.38. The number of aliphatic carboxylic acids is 1. The lowest BCUT2D eigenvalue weighted by atomic mass is 9.95. The summed E-state index contributed by atoms with van der Waals surface area (Å²) in [6.07, 6.45) is 3.10. The first-order valence-corrected chi connectivity index (χ1v) is 8.75. The van der Waals surface area contributed by atoms with Crippen molar-refractivity contribution >= 4 is 29.0 Å². The van der Waals surface area contributed by atoms with Crippen molar-refractivity contribution < 1.29 is 19.1 Å². The molecule has 7 nitrogen and oxygen atoms in total. The number of hydrogen-bond acceptors (Lipinski definition) is 5. The van der Waals surface area contributed by atoms with E-state index in [-0.39, 0.29) is 17.7 Å². The summed E-state index contributed by atoms with van der Waals surface area (Å²) in [5.41, 5.74) is 1.58. The molecule has 1 unspecified atom stereocenters. The standard InChI is InChI=1S/C18H21N3O4/c22-16(20-15(17(23)24)11-5-6-11)12-7-9-21(10-8-12)18-19-13-3-1-2-4-14(13)25-18/h1-4,11-12,15H,5-10H2,(H,20,22)(H,23,24). The van der Waals surface area contributed by atoms with Crippen LogP contribution in [0, 0.1) is 11.8 Å². The van der Waals surface area contributed by atoms with Crippen LogP contribution >= 0.6 is 0 Å². The molecule has 1 atom stereocenters. The second-order valence-corrected chi connectivity index (χ2v) is 6.89. The Hall–Kier alpha value is -2.57. The Morgan fingerprint density at radius 2 is 1.92 bits per heavy atom. The first kappa shape index (κ1) is 15.9. The van der Waals surface area contributed by atoms with Gasteiger partial charge in [-0.1, -0.05) is 12.1 Å². The van der Waals surface area contributed by atoms with Gasteiger partial charge in [-0.2, -0.15) is 4.98 Å². The third-order valence-electron chi connectivity index (χ3n) is 5.08. The van der Waals surface area contributed by atoms with Crippen LogP contribution in [0.1, 0.15) is 25.7 Å². The number of aromatic nitrogens is 1. The maximum absolute atomic E-state index is 12.4. The molecule has 2 heterocycles. The molecule has 1 saturated carbocycles. The Morgan fingerprint density at radius 1 is 1.20 bits per heavy atom. The fourth-order valence-electron chi connectivity index (χ4n) is 3.41. The lowest BCUT2D eigenvalue weighted by Crippen LogP contribution is -2.47. The van der Waals surface area contributed by atoms with Gasteiger partial charge in [0.2, 0.25) is 5.91 Å².